The predicted molar refractivity (Wildman–Crippen MR) is 87.0 cm³/mol. The van der Waals surface area contributed by atoms with Gasteiger partial charge in [-0.15, -0.1) is 0 Å². The lowest BCUT2D eigenvalue weighted by Gasteiger charge is -2.12. The molecule has 2 rings (SSSR count). The van der Waals surface area contributed by atoms with Gasteiger partial charge in [0.1, 0.15) is 11.5 Å². The van der Waals surface area contributed by atoms with Crippen LogP contribution < -0.4 is 14.8 Å². The molecule has 0 spiro atoms. The zero-order valence-corrected chi connectivity index (χ0v) is 13.0. The molecule has 0 aliphatic heterocycles. The van der Waals surface area contributed by atoms with Crippen LogP contribution >= 0.6 is 0 Å². The van der Waals surface area contributed by atoms with Gasteiger partial charge in [-0.1, -0.05) is 25.1 Å². The van der Waals surface area contributed by atoms with Gasteiger partial charge in [0.25, 0.3) is 0 Å². The van der Waals surface area contributed by atoms with Gasteiger partial charge in [-0.2, -0.15) is 0 Å². The van der Waals surface area contributed by atoms with Crippen molar-refractivity contribution in [1.29, 1.82) is 0 Å². The lowest BCUT2D eigenvalue weighted by atomic mass is 9.99. The molecule has 3 heteroatoms. The van der Waals surface area contributed by atoms with Crippen molar-refractivity contribution in [1.82, 2.24) is 5.32 Å². The number of nitrogens with one attached hydrogen (secondary N) is 1. The highest BCUT2D eigenvalue weighted by Crippen LogP contribution is 2.28. The maximum absolute atomic E-state index is 5.63. The van der Waals surface area contributed by atoms with Crippen LogP contribution in [0.15, 0.2) is 42.5 Å². The molecule has 0 saturated heterocycles. The van der Waals surface area contributed by atoms with E-state index < -0.39 is 0 Å². The lowest BCUT2D eigenvalue weighted by molar-refractivity contribution is 0.317. The van der Waals surface area contributed by atoms with Gasteiger partial charge in [0.2, 0.25) is 0 Å². The highest BCUT2D eigenvalue weighted by molar-refractivity contribution is 5.69. The van der Waals surface area contributed by atoms with Crippen LogP contribution in [0, 0.1) is 0 Å². The fourth-order valence-corrected chi connectivity index (χ4v) is 2.27. The Bertz CT molecular complexity index is 564. The van der Waals surface area contributed by atoms with Crippen LogP contribution in [0.1, 0.15) is 18.9 Å². The number of ether oxygens (including phenoxy) is 2. The Labute approximate surface area is 126 Å². The van der Waals surface area contributed by atoms with E-state index in [4.69, 9.17) is 9.47 Å². The monoisotopic (exact) mass is 285 g/mol. The van der Waals surface area contributed by atoms with Crippen molar-refractivity contribution in [3.63, 3.8) is 0 Å². The van der Waals surface area contributed by atoms with Crippen molar-refractivity contribution < 1.29 is 9.47 Å². The van der Waals surface area contributed by atoms with E-state index in [0.717, 1.165) is 31.1 Å². The maximum atomic E-state index is 5.63. The van der Waals surface area contributed by atoms with Crippen molar-refractivity contribution in [3.05, 3.63) is 48.0 Å². The van der Waals surface area contributed by atoms with Crippen molar-refractivity contribution in [2.75, 3.05) is 20.8 Å². The second kappa shape index (κ2) is 7.70. The Hall–Kier alpha value is -2.00. The van der Waals surface area contributed by atoms with Gasteiger partial charge in [-0.25, -0.2) is 0 Å². The second-order valence-electron chi connectivity index (χ2n) is 4.93. The molecule has 0 radical (unpaired) electrons. The SMILES string of the molecule is CCCOc1ccc(-c2ccc(OC)cc2CNC)cc1. The van der Waals surface area contributed by atoms with Crippen LogP contribution in [0.3, 0.4) is 0 Å². The van der Waals surface area contributed by atoms with Crippen LogP contribution in [-0.2, 0) is 6.54 Å². The molecule has 1 N–H and O–H groups in total. The topological polar surface area (TPSA) is 30.5 Å². The zero-order valence-electron chi connectivity index (χ0n) is 13.0. The standard InChI is InChI=1S/C18H23NO2/c1-4-11-21-16-7-5-14(6-8-16)18-10-9-17(20-3)12-15(18)13-19-2/h5-10,12,19H,4,11,13H2,1-3H3. The Morgan fingerprint density at radius 3 is 2.33 bits per heavy atom. The van der Waals surface area contributed by atoms with E-state index in [9.17, 15) is 0 Å². The van der Waals surface area contributed by atoms with Crippen LogP contribution in [0.2, 0.25) is 0 Å². The average Bonchev–Trinajstić information content (AvgIpc) is 2.54. The summed E-state index contributed by atoms with van der Waals surface area (Å²) in [7, 11) is 3.64. The third kappa shape index (κ3) is 3.99. The molecule has 2 aromatic carbocycles. The van der Waals surface area contributed by atoms with E-state index in [1.165, 1.54) is 16.7 Å². The summed E-state index contributed by atoms with van der Waals surface area (Å²) in [5.41, 5.74) is 3.62. The smallest absolute Gasteiger partial charge is 0.119 e. The number of hydrogen-bond donors (Lipinski definition) is 1. The van der Waals surface area contributed by atoms with Gasteiger partial charge in [-0.3, -0.25) is 0 Å². The minimum absolute atomic E-state index is 0.757. The summed E-state index contributed by atoms with van der Waals surface area (Å²) in [4.78, 5) is 0. The van der Waals surface area contributed by atoms with Gasteiger partial charge in [0.05, 0.1) is 13.7 Å². The summed E-state index contributed by atoms with van der Waals surface area (Å²) in [6, 6.07) is 14.4. The molecule has 2 aromatic rings. The molecule has 0 heterocycles. The molecule has 3 nitrogen and oxygen atoms in total. The first-order valence-corrected chi connectivity index (χ1v) is 7.33. The molecule has 21 heavy (non-hydrogen) atoms. The first kappa shape index (κ1) is 15.4. The summed E-state index contributed by atoms with van der Waals surface area (Å²) in [6.07, 6.45) is 1.02. The van der Waals surface area contributed by atoms with E-state index in [0.29, 0.717) is 0 Å². The molecule has 0 atom stereocenters. The number of benzene rings is 2. The Morgan fingerprint density at radius 2 is 1.71 bits per heavy atom. The summed E-state index contributed by atoms with van der Waals surface area (Å²) in [6.45, 7) is 3.67. The molecule has 0 aliphatic rings. The van der Waals surface area contributed by atoms with Crippen LogP contribution in [-0.4, -0.2) is 20.8 Å². The Morgan fingerprint density at radius 1 is 1.00 bits per heavy atom. The second-order valence-corrected chi connectivity index (χ2v) is 4.93. The van der Waals surface area contributed by atoms with Gasteiger partial charge in [0.15, 0.2) is 0 Å². The largest absolute Gasteiger partial charge is 0.497 e. The molecule has 0 aromatic heterocycles. The van der Waals surface area contributed by atoms with Crippen molar-refractivity contribution in [2.24, 2.45) is 0 Å². The van der Waals surface area contributed by atoms with Crippen molar-refractivity contribution >= 4 is 0 Å². The third-order valence-corrected chi connectivity index (χ3v) is 3.32. The normalized spacial score (nSPS) is 10.4. The average molecular weight is 285 g/mol. The molecule has 0 aliphatic carbocycles. The molecule has 0 unspecified atom stereocenters. The predicted octanol–water partition coefficient (Wildman–Crippen LogP) is 3.87. The highest BCUT2D eigenvalue weighted by atomic mass is 16.5. The zero-order chi connectivity index (χ0) is 15.1. The fourth-order valence-electron chi connectivity index (χ4n) is 2.27. The lowest BCUT2D eigenvalue weighted by Crippen LogP contribution is -2.06. The van der Waals surface area contributed by atoms with Gasteiger partial charge in [-0.05, 0) is 54.4 Å². The minimum atomic E-state index is 0.757. The van der Waals surface area contributed by atoms with E-state index in [1.807, 2.05) is 25.2 Å². The van der Waals surface area contributed by atoms with Crippen LogP contribution in [0.25, 0.3) is 11.1 Å². The van der Waals surface area contributed by atoms with Crippen LogP contribution in [0.4, 0.5) is 0 Å². The van der Waals surface area contributed by atoms with Crippen LogP contribution in [0.5, 0.6) is 11.5 Å². The van der Waals surface area contributed by atoms with Gasteiger partial charge < -0.3 is 14.8 Å². The number of rotatable bonds is 7. The Kier molecular flexibility index (Phi) is 5.64. The van der Waals surface area contributed by atoms with E-state index in [-0.39, 0.29) is 0 Å². The quantitative estimate of drug-likeness (QED) is 0.837. The van der Waals surface area contributed by atoms with E-state index >= 15 is 0 Å². The fraction of sp³-hybridized carbons (Fsp3) is 0.333. The first-order chi connectivity index (χ1) is 10.3. The third-order valence-electron chi connectivity index (χ3n) is 3.32. The number of methoxy groups -OCH3 is 1. The molecule has 0 saturated carbocycles. The summed E-state index contributed by atoms with van der Waals surface area (Å²) in [5, 5.41) is 3.20. The summed E-state index contributed by atoms with van der Waals surface area (Å²) < 4.78 is 10.9. The maximum Gasteiger partial charge on any atom is 0.119 e. The molecular formula is C18H23NO2. The molecule has 112 valence electrons. The molecule has 0 fully saturated rings. The highest BCUT2D eigenvalue weighted by Gasteiger charge is 2.07. The van der Waals surface area contributed by atoms with Gasteiger partial charge in [0, 0.05) is 6.54 Å². The van der Waals surface area contributed by atoms with Crippen molar-refractivity contribution in [3.8, 4) is 22.6 Å². The minimum Gasteiger partial charge on any atom is -0.497 e. The summed E-state index contributed by atoms with van der Waals surface area (Å²) in [5.74, 6) is 1.80. The van der Waals surface area contributed by atoms with E-state index in [2.05, 4.69) is 36.5 Å². The van der Waals surface area contributed by atoms with E-state index in [1.54, 1.807) is 7.11 Å². The summed E-state index contributed by atoms with van der Waals surface area (Å²) >= 11 is 0. The van der Waals surface area contributed by atoms with Gasteiger partial charge >= 0.3 is 0 Å². The Balaban J connectivity index is 2.27. The van der Waals surface area contributed by atoms with Crippen molar-refractivity contribution in [2.45, 2.75) is 19.9 Å². The molecule has 0 bridgehead atoms. The molecular weight excluding hydrogens is 262 g/mol. The molecule has 0 amide bonds. The first-order valence-electron chi connectivity index (χ1n) is 7.33. The number of hydrogen-bond acceptors (Lipinski definition) is 3.